The van der Waals surface area contributed by atoms with Crippen LogP contribution >= 0.6 is 11.8 Å². The van der Waals surface area contributed by atoms with E-state index in [2.05, 4.69) is 18.7 Å². The first-order valence-corrected chi connectivity index (χ1v) is 8.32. The third kappa shape index (κ3) is 2.49. The summed E-state index contributed by atoms with van der Waals surface area (Å²) in [5, 5.41) is 0.801. The number of hydrogen-bond acceptors (Lipinski definition) is 3. The first-order chi connectivity index (χ1) is 9.16. The van der Waals surface area contributed by atoms with E-state index < -0.39 is 0 Å². The van der Waals surface area contributed by atoms with E-state index in [1.807, 2.05) is 11.8 Å². The summed E-state index contributed by atoms with van der Waals surface area (Å²) in [6.07, 6.45) is 8.95. The summed E-state index contributed by atoms with van der Waals surface area (Å²) in [6.45, 7) is 5.81. The molecule has 2 saturated carbocycles. The van der Waals surface area contributed by atoms with E-state index >= 15 is 0 Å². The molecule has 0 amide bonds. The molecular weight excluding hydrogens is 256 g/mol. The molecule has 3 aliphatic rings. The summed E-state index contributed by atoms with van der Waals surface area (Å²) in [4.78, 5) is 11.3. The monoisotopic (exact) mass is 278 g/mol. The molecule has 0 radical (unpaired) electrons. The molecule has 2 bridgehead atoms. The molecule has 5 atom stereocenters. The van der Waals surface area contributed by atoms with Crippen LogP contribution in [0.2, 0.25) is 0 Å². The minimum absolute atomic E-state index is 0.256. The van der Waals surface area contributed by atoms with Crippen molar-refractivity contribution >= 4 is 17.7 Å². The topological polar surface area (TPSA) is 26.3 Å². The van der Waals surface area contributed by atoms with Crippen molar-refractivity contribution in [1.29, 1.82) is 0 Å². The second-order valence-corrected chi connectivity index (χ2v) is 7.47. The molecule has 0 N–H and O–H groups in total. The van der Waals surface area contributed by atoms with E-state index in [1.54, 1.807) is 6.92 Å². The highest BCUT2D eigenvalue weighted by Gasteiger charge is 2.52. The number of esters is 1. The number of hydrogen-bond donors (Lipinski definition) is 0. The van der Waals surface area contributed by atoms with Crippen molar-refractivity contribution in [2.24, 2.45) is 23.7 Å². The Morgan fingerprint density at radius 2 is 2.26 bits per heavy atom. The molecule has 19 heavy (non-hydrogen) atoms. The lowest BCUT2D eigenvalue weighted by molar-refractivity contribution is -0.138. The standard InChI is InChI=1S/C16H22O2S/c1-10(2)16(17)18-6-7-19-15-9-11-8-14(15)13-5-3-4-12(11)13/h3-4,11-15H,1,5-9H2,2H3. The number of thioether (sulfide) groups is 1. The van der Waals surface area contributed by atoms with Gasteiger partial charge in [-0.3, -0.25) is 0 Å². The largest absolute Gasteiger partial charge is 0.461 e. The van der Waals surface area contributed by atoms with Gasteiger partial charge in [0.2, 0.25) is 0 Å². The molecule has 0 aliphatic heterocycles. The van der Waals surface area contributed by atoms with Gasteiger partial charge in [-0.1, -0.05) is 18.7 Å². The quantitative estimate of drug-likeness (QED) is 0.333. The lowest BCUT2D eigenvalue weighted by atomic mass is 9.81. The Hall–Kier alpha value is -0.700. The van der Waals surface area contributed by atoms with Crippen molar-refractivity contribution in [3.63, 3.8) is 0 Å². The molecule has 2 fully saturated rings. The van der Waals surface area contributed by atoms with Gasteiger partial charge in [-0.2, -0.15) is 11.8 Å². The molecule has 0 aromatic heterocycles. The zero-order chi connectivity index (χ0) is 13.4. The summed E-state index contributed by atoms with van der Waals surface area (Å²) in [7, 11) is 0. The van der Waals surface area contributed by atoms with Crippen molar-refractivity contribution in [2.75, 3.05) is 12.4 Å². The average molecular weight is 278 g/mol. The van der Waals surface area contributed by atoms with Gasteiger partial charge in [0.15, 0.2) is 0 Å². The van der Waals surface area contributed by atoms with Crippen LogP contribution in [0.25, 0.3) is 0 Å². The summed E-state index contributed by atoms with van der Waals surface area (Å²) in [6, 6.07) is 0. The van der Waals surface area contributed by atoms with Crippen molar-refractivity contribution < 1.29 is 9.53 Å². The van der Waals surface area contributed by atoms with Gasteiger partial charge in [0, 0.05) is 16.6 Å². The first kappa shape index (κ1) is 13.3. The van der Waals surface area contributed by atoms with Gasteiger partial charge in [-0.25, -0.2) is 4.79 Å². The van der Waals surface area contributed by atoms with Crippen molar-refractivity contribution in [3.8, 4) is 0 Å². The lowest BCUT2D eigenvalue weighted by Gasteiger charge is -2.31. The second kappa shape index (κ2) is 5.35. The van der Waals surface area contributed by atoms with Gasteiger partial charge in [-0.15, -0.1) is 0 Å². The predicted octanol–water partition coefficient (Wildman–Crippen LogP) is 3.44. The van der Waals surface area contributed by atoms with Crippen LogP contribution in [0.4, 0.5) is 0 Å². The molecule has 2 nitrogen and oxygen atoms in total. The van der Waals surface area contributed by atoms with E-state index in [1.165, 1.54) is 19.3 Å². The van der Waals surface area contributed by atoms with Gasteiger partial charge >= 0.3 is 5.97 Å². The van der Waals surface area contributed by atoms with E-state index in [0.717, 1.165) is 34.7 Å². The summed E-state index contributed by atoms with van der Waals surface area (Å²) in [5.74, 6) is 4.33. The molecule has 5 unspecified atom stereocenters. The normalized spacial score (nSPS) is 38.5. The maximum atomic E-state index is 11.3. The SMILES string of the molecule is C=C(C)C(=O)OCCSC1CC2CC1C1CC=CC21. The van der Waals surface area contributed by atoms with E-state index in [0.29, 0.717) is 12.2 Å². The Bertz CT molecular complexity index is 415. The third-order valence-electron chi connectivity index (χ3n) is 4.94. The average Bonchev–Trinajstić information content (AvgIpc) is 3.05. The van der Waals surface area contributed by atoms with Crippen LogP contribution in [-0.2, 0) is 9.53 Å². The van der Waals surface area contributed by atoms with Gasteiger partial charge < -0.3 is 4.74 Å². The van der Waals surface area contributed by atoms with Crippen LogP contribution in [-0.4, -0.2) is 23.6 Å². The van der Waals surface area contributed by atoms with Gasteiger partial charge in [-0.05, 0) is 49.9 Å². The molecule has 0 spiro atoms. The fraction of sp³-hybridized carbons (Fsp3) is 0.688. The molecule has 0 aromatic rings. The number of carbonyl (C=O) groups excluding carboxylic acids is 1. The molecule has 104 valence electrons. The van der Waals surface area contributed by atoms with Crippen LogP contribution in [0.1, 0.15) is 26.2 Å². The number of rotatable bonds is 5. The fourth-order valence-electron chi connectivity index (χ4n) is 4.14. The van der Waals surface area contributed by atoms with Crippen molar-refractivity contribution in [2.45, 2.75) is 31.4 Å². The van der Waals surface area contributed by atoms with Crippen LogP contribution in [0.3, 0.4) is 0 Å². The Labute approximate surface area is 119 Å². The Morgan fingerprint density at radius 3 is 3.05 bits per heavy atom. The smallest absolute Gasteiger partial charge is 0.333 e. The summed E-state index contributed by atoms with van der Waals surface area (Å²) in [5.41, 5.74) is 0.491. The summed E-state index contributed by atoms with van der Waals surface area (Å²) < 4.78 is 5.16. The van der Waals surface area contributed by atoms with Crippen LogP contribution < -0.4 is 0 Å². The van der Waals surface area contributed by atoms with Crippen molar-refractivity contribution in [3.05, 3.63) is 24.3 Å². The number of allylic oxidation sites excluding steroid dienone is 2. The minimum Gasteiger partial charge on any atom is -0.461 e. The molecule has 0 saturated heterocycles. The molecule has 3 heteroatoms. The van der Waals surface area contributed by atoms with Crippen LogP contribution in [0.15, 0.2) is 24.3 Å². The fourth-order valence-corrected chi connectivity index (χ4v) is 5.57. The van der Waals surface area contributed by atoms with Crippen LogP contribution in [0, 0.1) is 23.7 Å². The molecule has 0 aromatic carbocycles. The molecular formula is C16H22O2S. The molecule has 0 heterocycles. The van der Waals surface area contributed by atoms with Crippen LogP contribution in [0.5, 0.6) is 0 Å². The number of fused-ring (bicyclic) bond motifs is 5. The lowest BCUT2D eigenvalue weighted by Crippen LogP contribution is -2.27. The zero-order valence-corrected chi connectivity index (χ0v) is 12.3. The Morgan fingerprint density at radius 1 is 1.42 bits per heavy atom. The minimum atomic E-state index is -0.256. The van der Waals surface area contributed by atoms with E-state index in [4.69, 9.17) is 4.74 Å². The predicted molar refractivity (Wildman–Crippen MR) is 79.0 cm³/mol. The van der Waals surface area contributed by atoms with Crippen molar-refractivity contribution in [1.82, 2.24) is 0 Å². The second-order valence-electron chi connectivity index (χ2n) is 6.13. The van der Waals surface area contributed by atoms with E-state index in [-0.39, 0.29) is 5.97 Å². The molecule has 3 aliphatic carbocycles. The highest BCUT2D eigenvalue weighted by atomic mass is 32.2. The van der Waals surface area contributed by atoms with E-state index in [9.17, 15) is 4.79 Å². The third-order valence-corrected chi connectivity index (χ3v) is 6.31. The van der Waals surface area contributed by atoms with Gasteiger partial charge in [0.25, 0.3) is 0 Å². The maximum absolute atomic E-state index is 11.3. The Kier molecular flexibility index (Phi) is 3.75. The Balaban J connectivity index is 1.41. The maximum Gasteiger partial charge on any atom is 0.333 e. The first-order valence-electron chi connectivity index (χ1n) is 7.27. The van der Waals surface area contributed by atoms with Gasteiger partial charge in [0.1, 0.15) is 6.61 Å². The number of carbonyl (C=O) groups is 1. The summed E-state index contributed by atoms with van der Waals surface area (Å²) >= 11 is 2.02. The molecule has 3 rings (SSSR count). The van der Waals surface area contributed by atoms with Gasteiger partial charge in [0.05, 0.1) is 0 Å². The number of ether oxygens (including phenoxy) is 1. The zero-order valence-electron chi connectivity index (χ0n) is 11.5. The highest BCUT2D eigenvalue weighted by Crippen LogP contribution is 2.59. The highest BCUT2D eigenvalue weighted by molar-refractivity contribution is 7.99.